The molecule has 0 saturated carbocycles. The van der Waals surface area contributed by atoms with E-state index in [1.54, 1.807) is 0 Å². The fourth-order valence-corrected chi connectivity index (χ4v) is 4.87. The Morgan fingerprint density at radius 1 is 0.721 bits per heavy atom. The van der Waals surface area contributed by atoms with Gasteiger partial charge in [-0.15, -0.1) is 0 Å². The van der Waals surface area contributed by atoms with Crippen molar-refractivity contribution < 1.29 is 18.9 Å². The van der Waals surface area contributed by atoms with E-state index in [0.717, 1.165) is 53.6 Å². The number of epoxide rings is 2. The Balaban J connectivity index is 1.07. The summed E-state index contributed by atoms with van der Waals surface area (Å²) in [6.45, 7) is 9.42. The van der Waals surface area contributed by atoms with Gasteiger partial charge in [-0.3, -0.25) is 9.98 Å². The van der Waals surface area contributed by atoms with Gasteiger partial charge in [-0.1, -0.05) is 57.2 Å². The molecule has 2 saturated heterocycles. The van der Waals surface area contributed by atoms with Crippen LogP contribution in [0.5, 0.6) is 11.5 Å². The molecule has 43 heavy (non-hydrogen) atoms. The lowest BCUT2D eigenvalue weighted by atomic mass is 9.78. The second-order valence-electron chi connectivity index (χ2n) is 11.6. The molecule has 6 rings (SSSR count). The maximum atomic E-state index is 5.92. The molecule has 0 radical (unpaired) electrons. The first-order valence-corrected chi connectivity index (χ1v) is 15.0. The van der Waals surface area contributed by atoms with Gasteiger partial charge in [-0.25, -0.2) is 0 Å². The highest BCUT2D eigenvalue weighted by Gasteiger charge is 2.24. The molecular weight excluding hydrogens is 536 g/mol. The van der Waals surface area contributed by atoms with Crippen LogP contribution in [-0.2, 0) is 21.3 Å². The van der Waals surface area contributed by atoms with E-state index in [1.165, 1.54) is 16.7 Å². The Labute approximate surface area is 254 Å². The van der Waals surface area contributed by atoms with Gasteiger partial charge in [0.1, 0.15) is 36.9 Å². The molecule has 4 aromatic carbocycles. The van der Waals surface area contributed by atoms with E-state index in [2.05, 4.69) is 80.4 Å². The predicted octanol–water partition coefficient (Wildman–Crippen LogP) is 7.63. The minimum atomic E-state index is -0.168. The summed E-state index contributed by atoms with van der Waals surface area (Å²) in [5.41, 5.74) is 7.35. The average molecular weight is 575 g/mol. The number of rotatable bonds is 13. The zero-order valence-electron chi connectivity index (χ0n) is 25.0. The molecule has 0 amide bonds. The van der Waals surface area contributed by atoms with Crippen molar-refractivity contribution >= 4 is 23.8 Å². The second-order valence-corrected chi connectivity index (χ2v) is 11.6. The Kier molecular flexibility index (Phi) is 8.68. The Morgan fingerprint density at radius 2 is 1.28 bits per heavy atom. The fraction of sp³-hybridized carbons (Fsp3) is 0.297. The van der Waals surface area contributed by atoms with Crippen molar-refractivity contribution in [2.24, 2.45) is 9.98 Å². The van der Waals surface area contributed by atoms with E-state index in [1.807, 2.05) is 48.8 Å². The molecule has 0 aromatic heterocycles. The van der Waals surface area contributed by atoms with Crippen LogP contribution in [0.3, 0.4) is 0 Å². The van der Waals surface area contributed by atoms with Gasteiger partial charge in [0.25, 0.3) is 0 Å². The zero-order chi connectivity index (χ0) is 29.6. The Bertz CT molecular complexity index is 1580. The van der Waals surface area contributed by atoms with E-state index in [0.29, 0.717) is 13.2 Å². The molecular formula is C37H38N2O4. The van der Waals surface area contributed by atoms with Gasteiger partial charge in [0.05, 0.1) is 24.6 Å². The van der Waals surface area contributed by atoms with Gasteiger partial charge in [0, 0.05) is 17.8 Å². The molecule has 2 aliphatic rings. The summed E-state index contributed by atoms with van der Waals surface area (Å²) < 4.78 is 22.2. The number of hydrogen-bond donors (Lipinski definition) is 0. The van der Waals surface area contributed by atoms with E-state index in [9.17, 15) is 0 Å². The van der Waals surface area contributed by atoms with E-state index >= 15 is 0 Å². The summed E-state index contributed by atoms with van der Waals surface area (Å²) in [5, 5.41) is 0. The van der Waals surface area contributed by atoms with Gasteiger partial charge >= 0.3 is 0 Å². The van der Waals surface area contributed by atoms with Crippen molar-refractivity contribution in [2.75, 3.05) is 26.4 Å². The number of nitrogens with zero attached hydrogens (tertiary/aromatic N) is 2. The maximum absolute atomic E-state index is 5.92. The summed E-state index contributed by atoms with van der Waals surface area (Å²) in [4.78, 5) is 9.41. The van der Waals surface area contributed by atoms with Gasteiger partial charge < -0.3 is 18.9 Å². The number of hydrogen-bond acceptors (Lipinski definition) is 6. The van der Waals surface area contributed by atoms with Crippen LogP contribution in [0, 0.1) is 0 Å². The van der Waals surface area contributed by atoms with Gasteiger partial charge in [-0.2, -0.15) is 0 Å². The fourth-order valence-electron chi connectivity index (χ4n) is 4.87. The summed E-state index contributed by atoms with van der Waals surface area (Å²) in [6.07, 6.45) is 5.18. The standard InChI is InChI=1S/C37H38N2O4/c1-4-28-18-27(8-17-36(28)43-25-35-24-42-35)21-39-32-15-11-30(12-16-32)37(2,3)29-9-13-31(14-10-29)38-20-26-6-5-7-33(19-26)40-22-34-23-41-34/h5-21,34-35H,4,22-25H2,1-3H3/b38-20+,39-21+. The molecule has 0 N–H and O–H groups in total. The molecule has 220 valence electrons. The van der Waals surface area contributed by atoms with E-state index in [-0.39, 0.29) is 17.6 Å². The van der Waals surface area contributed by atoms with Crippen LogP contribution < -0.4 is 9.47 Å². The third-order valence-electron chi connectivity index (χ3n) is 7.89. The second kappa shape index (κ2) is 12.9. The van der Waals surface area contributed by atoms with Crippen molar-refractivity contribution in [3.05, 3.63) is 119 Å². The minimum absolute atomic E-state index is 0.168. The normalized spacial score (nSPS) is 17.8. The lowest BCUT2D eigenvalue weighted by molar-refractivity contribution is 0.261. The molecule has 0 spiro atoms. The highest BCUT2D eigenvalue weighted by Crippen LogP contribution is 2.33. The van der Waals surface area contributed by atoms with Crippen LogP contribution in [0.25, 0.3) is 0 Å². The molecule has 0 aliphatic carbocycles. The number of ether oxygens (including phenoxy) is 4. The van der Waals surface area contributed by atoms with E-state index in [4.69, 9.17) is 23.9 Å². The van der Waals surface area contributed by atoms with Crippen LogP contribution >= 0.6 is 0 Å². The largest absolute Gasteiger partial charge is 0.491 e. The Hall–Kier alpha value is -4.26. The van der Waals surface area contributed by atoms with Gasteiger partial charge in [0.15, 0.2) is 0 Å². The first-order valence-electron chi connectivity index (χ1n) is 15.0. The highest BCUT2D eigenvalue weighted by atomic mass is 16.6. The summed E-state index contributed by atoms with van der Waals surface area (Å²) in [5.74, 6) is 1.76. The summed E-state index contributed by atoms with van der Waals surface area (Å²) in [6, 6.07) is 31.1. The first-order chi connectivity index (χ1) is 21.0. The molecule has 2 heterocycles. The minimum Gasteiger partial charge on any atom is -0.491 e. The third kappa shape index (κ3) is 7.78. The molecule has 2 atom stereocenters. The Morgan fingerprint density at radius 3 is 1.84 bits per heavy atom. The monoisotopic (exact) mass is 574 g/mol. The summed E-state index contributed by atoms with van der Waals surface area (Å²) >= 11 is 0. The topological polar surface area (TPSA) is 68.2 Å². The quantitative estimate of drug-likeness (QED) is 0.122. The molecule has 6 nitrogen and oxygen atoms in total. The SMILES string of the molecule is CCc1cc(/C=N/c2ccc(C(C)(C)c3ccc(/N=C/c4cccc(OCC5CO5)c4)cc3)cc2)ccc1OCC1CO1. The van der Waals surface area contributed by atoms with Crippen molar-refractivity contribution in [3.8, 4) is 11.5 Å². The molecule has 2 fully saturated rings. The first kappa shape index (κ1) is 28.8. The van der Waals surface area contributed by atoms with Crippen LogP contribution in [0.1, 0.15) is 48.6 Å². The van der Waals surface area contributed by atoms with Crippen LogP contribution in [0.15, 0.2) is 101 Å². The molecule has 0 bridgehead atoms. The molecule has 4 aromatic rings. The lowest BCUT2D eigenvalue weighted by Gasteiger charge is -2.26. The zero-order valence-corrected chi connectivity index (χ0v) is 25.0. The number of aryl methyl sites for hydroxylation is 1. The molecule has 2 unspecified atom stereocenters. The smallest absolute Gasteiger partial charge is 0.122 e. The van der Waals surface area contributed by atoms with Crippen LogP contribution in [-0.4, -0.2) is 51.1 Å². The van der Waals surface area contributed by atoms with Crippen LogP contribution in [0.4, 0.5) is 11.4 Å². The predicted molar refractivity (Wildman–Crippen MR) is 172 cm³/mol. The van der Waals surface area contributed by atoms with Crippen molar-refractivity contribution in [3.63, 3.8) is 0 Å². The van der Waals surface area contributed by atoms with Crippen molar-refractivity contribution in [2.45, 2.75) is 44.8 Å². The van der Waals surface area contributed by atoms with Crippen molar-refractivity contribution in [1.82, 2.24) is 0 Å². The van der Waals surface area contributed by atoms with Crippen LogP contribution in [0.2, 0.25) is 0 Å². The third-order valence-corrected chi connectivity index (χ3v) is 7.89. The lowest BCUT2D eigenvalue weighted by Crippen LogP contribution is -2.18. The average Bonchev–Trinajstić information content (AvgIpc) is 3.98. The molecule has 2 aliphatic heterocycles. The van der Waals surface area contributed by atoms with Crippen molar-refractivity contribution in [1.29, 1.82) is 0 Å². The van der Waals surface area contributed by atoms with E-state index < -0.39 is 0 Å². The number of benzene rings is 4. The molecule has 6 heteroatoms. The highest BCUT2D eigenvalue weighted by molar-refractivity contribution is 5.83. The summed E-state index contributed by atoms with van der Waals surface area (Å²) in [7, 11) is 0. The van der Waals surface area contributed by atoms with Gasteiger partial charge in [-0.05, 0) is 88.8 Å². The maximum Gasteiger partial charge on any atom is 0.122 e. The number of aliphatic imine (C=N–C) groups is 2. The van der Waals surface area contributed by atoms with Gasteiger partial charge in [0.2, 0.25) is 0 Å².